The molecule has 0 aromatic rings. The highest BCUT2D eigenvalue weighted by atomic mass is 16.5. The maximum atomic E-state index is 5.47. The summed E-state index contributed by atoms with van der Waals surface area (Å²) < 4.78 is 5.43. The molecule has 0 saturated carbocycles. The molecule has 0 aliphatic carbocycles. The Labute approximate surface area is 56.4 Å². The second-order valence-corrected chi connectivity index (χ2v) is 2.70. The molecule has 1 rings (SSSR count). The smallest absolute Gasteiger partial charge is 0.0576 e. The topological polar surface area (TPSA) is 35.2 Å². The predicted molar refractivity (Wildman–Crippen MR) is 37.2 cm³/mol. The lowest BCUT2D eigenvalue weighted by molar-refractivity contribution is 0.104. The minimum atomic E-state index is 0.499. The van der Waals surface area contributed by atoms with Gasteiger partial charge in [0.15, 0.2) is 0 Å². The van der Waals surface area contributed by atoms with Crippen LogP contribution < -0.4 is 5.73 Å². The molecule has 2 unspecified atom stereocenters. The number of nitrogens with two attached hydrogens (primary N) is 1. The number of hydrogen-bond acceptors (Lipinski definition) is 2. The van der Waals surface area contributed by atoms with Crippen LogP contribution in [0.1, 0.15) is 19.8 Å². The normalized spacial score (nSPS) is 35.3. The molecule has 1 fully saturated rings. The fourth-order valence-corrected chi connectivity index (χ4v) is 1.23. The fourth-order valence-electron chi connectivity index (χ4n) is 1.23. The van der Waals surface area contributed by atoms with Crippen LogP contribution in [0.25, 0.3) is 0 Å². The van der Waals surface area contributed by atoms with Crippen LogP contribution in [0.5, 0.6) is 0 Å². The van der Waals surface area contributed by atoms with E-state index >= 15 is 0 Å². The lowest BCUT2D eigenvalue weighted by Crippen LogP contribution is -2.13. The molecule has 0 aromatic carbocycles. The van der Waals surface area contributed by atoms with E-state index in [9.17, 15) is 0 Å². The van der Waals surface area contributed by atoms with Crippen molar-refractivity contribution in [2.24, 2.45) is 11.7 Å². The maximum Gasteiger partial charge on any atom is 0.0576 e. The Kier molecular flexibility index (Phi) is 2.49. The summed E-state index contributed by atoms with van der Waals surface area (Å²) in [6.07, 6.45) is 2.81. The molecule has 1 aliphatic rings. The van der Waals surface area contributed by atoms with E-state index in [0.29, 0.717) is 12.0 Å². The Balaban J connectivity index is 2.20. The first-order valence-electron chi connectivity index (χ1n) is 3.68. The summed E-state index contributed by atoms with van der Waals surface area (Å²) in [5.41, 5.74) is 5.47. The summed E-state index contributed by atoms with van der Waals surface area (Å²) in [5.74, 6) is 0.634. The van der Waals surface area contributed by atoms with Crippen molar-refractivity contribution >= 4 is 0 Å². The summed E-state index contributed by atoms with van der Waals surface area (Å²) in [7, 11) is 0. The van der Waals surface area contributed by atoms with E-state index in [0.717, 1.165) is 19.6 Å². The van der Waals surface area contributed by atoms with Gasteiger partial charge in [0.05, 0.1) is 12.7 Å². The van der Waals surface area contributed by atoms with Crippen molar-refractivity contribution in [3.63, 3.8) is 0 Å². The Morgan fingerprint density at radius 1 is 1.67 bits per heavy atom. The molecule has 2 heteroatoms. The van der Waals surface area contributed by atoms with Gasteiger partial charge in [0, 0.05) is 0 Å². The van der Waals surface area contributed by atoms with Crippen LogP contribution in [0.3, 0.4) is 0 Å². The average Bonchev–Trinajstić information content (AvgIpc) is 2.34. The van der Waals surface area contributed by atoms with Gasteiger partial charge in [0.2, 0.25) is 0 Å². The lowest BCUT2D eigenvalue weighted by atomic mass is 10.1. The predicted octanol–water partition coefficient (Wildman–Crippen LogP) is 0.760. The number of rotatable bonds is 2. The molecule has 0 radical (unpaired) electrons. The average molecular weight is 129 g/mol. The molecule has 0 bridgehead atoms. The summed E-state index contributed by atoms with van der Waals surface area (Å²) in [6.45, 7) is 3.83. The fraction of sp³-hybridized carbons (Fsp3) is 1.00. The molecular formula is C7H15NO. The van der Waals surface area contributed by atoms with Gasteiger partial charge in [-0.05, 0) is 25.3 Å². The zero-order valence-electron chi connectivity index (χ0n) is 5.97. The third kappa shape index (κ3) is 1.66. The minimum Gasteiger partial charge on any atom is -0.378 e. The zero-order valence-corrected chi connectivity index (χ0v) is 5.97. The Morgan fingerprint density at radius 3 is 2.78 bits per heavy atom. The van der Waals surface area contributed by atoms with Gasteiger partial charge in [0.25, 0.3) is 0 Å². The van der Waals surface area contributed by atoms with Crippen molar-refractivity contribution < 1.29 is 4.74 Å². The molecule has 2 atom stereocenters. The van der Waals surface area contributed by atoms with Crippen molar-refractivity contribution in [2.75, 3.05) is 13.2 Å². The largest absolute Gasteiger partial charge is 0.378 e. The number of ether oxygens (including phenoxy) is 1. The van der Waals surface area contributed by atoms with Crippen molar-refractivity contribution in [1.82, 2.24) is 0 Å². The molecule has 2 nitrogen and oxygen atoms in total. The second-order valence-electron chi connectivity index (χ2n) is 2.70. The van der Waals surface area contributed by atoms with E-state index in [1.54, 1.807) is 0 Å². The van der Waals surface area contributed by atoms with Gasteiger partial charge in [-0.15, -0.1) is 0 Å². The third-order valence-electron chi connectivity index (χ3n) is 1.95. The van der Waals surface area contributed by atoms with E-state index in [4.69, 9.17) is 10.5 Å². The molecule has 54 valence electrons. The van der Waals surface area contributed by atoms with Crippen LogP contribution >= 0.6 is 0 Å². The molecule has 9 heavy (non-hydrogen) atoms. The Morgan fingerprint density at radius 2 is 2.44 bits per heavy atom. The molecule has 0 aromatic heterocycles. The summed E-state index contributed by atoms with van der Waals surface area (Å²) in [5, 5.41) is 0. The van der Waals surface area contributed by atoms with E-state index in [1.807, 2.05) is 0 Å². The van der Waals surface area contributed by atoms with Crippen LogP contribution in [-0.4, -0.2) is 19.3 Å². The third-order valence-corrected chi connectivity index (χ3v) is 1.95. The molecule has 1 aliphatic heterocycles. The first-order valence-corrected chi connectivity index (χ1v) is 3.68. The SMILES string of the molecule is CCC1CC(CN)CO1. The van der Waals surface area contributed by atoms with Gasteiger partial charge >= 0.3 is 0 Å². The van der Waals surface area contributed by atoms with Gasteiger partial charge in [-0.1, -0.05) is 6.92 Å². The molecule has 0 spiro atoms. The van der Waals surface area contributed by atoms with Crippen LogP contribution in [0.2, 0.25) is 0 Å². The monoisotopic (exact) mass is 129 g/mol. The van der Waals surface area contributed by atoms with E-state index in [-0.39, 0.29) is 0 Å². The number of hydrogen-bond donors (Lipinski definition) is 1. The first-order chi connectivity index (χ1) is 4.36. The van der Waals surface area contributed by atoms with Gasteiger partial charge in [0.1, 0.15) is 0 Å². The summed E-state index contributed by atoms with van der Waals surface area (Å²) in [6, 6.07) is 0. The van der Waals surface area contributed by atoms with Gasteiger partial charge in [-0.25, -0.2) is 0 Å². The Bertz CT molecular complexity index is 75.0. The van der Waals surface area contributed by atoms with Crippen molar-refractivity contribution in [1.29, 1.82) is 0 Å². The van der Waals surface area contributed by atoms with Crippen LogP contribution in [0.4, 0.5) is 0 Å². The van der Waals surface area contributed by atoms with E-state index in [2.05, 4.69) is 6.92 Å². The zero-order chi connectivity index (χ0) is 6.69. The highest BCUT2D eigenvalue weighted by Crippen LogP contribution is 2.19. The van der Waals surface area contributed by atoms with E-state index < -0.39 is 0 Å². The van der Waals surface area contributed by atoms with Crippen molar-refractivity contribution in [3.8, 4) is 0 Å². The minimum absolute atomic E-state index is 0.499. The quantitative estimate of drug-likeness (QED) is 0.597. The van der Waals surface area contributed by atoms with Crippen molar-refractivity contribution in [2.45, 2.75) is 25.9 Å². The highest BCUT2D eigenvalue weighted by molar-refractivity contribution is 4.72. The molecule has 1 heterocycles. The highest BCUT2D eigenvalue weighted by Gasteiger charge is 2.22. The standard InChI is InChI=1S/C7H15NO/c1-2-7-3-6(4-8)5-9-7/h6-7H,2-5,8H2,1H3. The van der Waals surface area contributed by atoms with E-state index in [1.165, 1.54) is 6.42 Å². The molecule has 2 N–H and O–H groups in total. The summed E-state index contributed by atoms with van der Waals surface area (Å²) in [4.78, 5) is 0. The Hall–Kier alpha value is -0.0800. The van der Waals surface area contributed by atoms with Gasteiger partial charge < -0.3 is 10.5 Å². The van der Waals surface area contributed by atoms with Crippen LogP contribution in [0, 0.1) is 5.92 Å². The van der Waals surface area contributed by atoms with Gasteiger partial charge in [-0.3, -0.25) is 0 Å². The molecular weight excluding hydrogens is 114 g/mol. The lowest BCUT2D eigenvalue weighted by Gasteiger charge is -2.02. The second kappa shape index (κ2) is 3.18. The molecule has 0 amide bonds. The van der Waals surface area contributed by atoms with Crippen molar-refractivity contribution in [3.05, 3.63) is 0 Å². The first kappa shape index (κ1) is 7.03. The van der Waals surface area contributed by atoms with Gasteiger partial charge in [-0.2, -0.15) is 0 Å². The van der Waals surface area contributed by atoms with Crippen LogP contribution in [0.15, 0.2) is 0 Å². The van der Waals surface area contributed by atoms with Crippen LogP contribution in [-0.2, 0) is 4.74 Å². The summed E-state index contributed by atoms with van der Waals surface area (Å²) >= 11 is 0. The maximum absolute atomic E-state index is 5.47. The molecule has 1 saturated heterocycles.